The summed E-state index contributed by atoms with van der Waals surface area (Å²) in [7, 11) is -4.43. The molecule has 0 atom stereocenters. The van der Waals surface area contributed by atoms with E-state index in [0.717, 1.165) is 5.56 Å². The number of hydrogen-bond donors (Lipinski definition) is 0. The molecule has 0 aliphatic heterocycles. The van der Waals surface area contributed by atoms with E-state index in [1.54, 1.807) is 24.3 Å². The van der Waals surface area contributed by atoms with Gasteiger partial charge >= 0.3 is 29.6 Å². The van der Waals surface area contributed by atoms with Gasteiger partial charge in [-0.05, 0) is 30.0 Å². The van der Waals surface area contributed by atoms with Crippen molar-refractivity contribution < 1.29 is 42.5 Å². The van der Waals surface area contributed by atoms with Crippen molar-refractivity contribution in [3.8, 4) is 0 Å². The average Bonchev–Trinajstić information content (AvgIpc) is 2.19. The van der Waals surface area contributed by atoms with Crippen LogP contribution in [0.25, 0.3) is 0 Å². The molecular weight excluding hydrogens is 247 g/mol. The second kappa shape index (κ2) is 7.13. The molecule has 86 valence electrons. The maximum absolute atomic E-state index is 11.1. The van der Waals surface area contributed by atoms with E-state index in [9.17, 15) is 13.0 Å². The number of benzene rings is 1. The van der Waals surface area contributed by atoms with Crippen molar-refractivity contribution in [2.24, 2.45) is 0 Å². The molecule has 1 aromatic carbocycles. The van der Waals surface area contributed by atoms with Gasteiger partial charge in [-0.3, -0.25) is 0 Å². The monoisotopic (exact) mass is 260 g/mol. The Bertz CT molecular complexity index is 506. The molecule has 0 heterocycles. The fourth-order valence-electron chi connectivity index (χ4n) is 1.57. The van der Waals surface area contributed by atoms with Gasteiger partial charge in [-0.1, -0.05) is 24.3 Å². The van der Waals surface area contributed by atoms with Gasteiger partial charge in [0.1, 0.15) is 10.1 Å². The van der Waals surface area contributed by atoms with Crippen LogP contribution in [0.2, 0.25) is 0 Å². The molecule has 0 N–H and O–H groups in total. The van der Waals surface area contributed by atoms with Gasteiger partial charge in [0.15, 0.2) is 0 Å². The summed E-state index contributed by atoms with van der Waals surface area (Å²) in [5.41, 5.74) is 1.32. The Hall–Kier alpha value is -0.390. The quantitative estimate of drug-likeness (QED) is 0.390. The van der Waals surface area contributed by atoms with E-state index in [1.807, 2.05) is 0 Å². The van der Waals surface area contributed by atoms with Gasteiger partial charge in [0, 0.05) is 0 Å². The molecule has 0 radical (unpaired) electrons. The minimum absolute atomic E-state index is 0. The van der Waals surface area contributed by atoms with Gasteiger partial charge in [0.25, 0.3) is 0 Å². The topological polar surface area (TPSA) is 57.2 Å². The first-order chi connectivity index (χ1) is 7.50. The third-order valence-electron chi connectivity index (χ3n) is 2.21. The molecule has 5 heteroatoms. The summed E-state index contributed by atoms with van der Waals surface area (Å²) >= 11 is 0. The third kappa shape index (κ3) is 4.41. The molecule has 0 fully saturated rings. The summed E-state index contributed by atoms with van der Waals surface area (Å²) < 4.78 is 33.2. The summed E-state index contributed by atoms with van der Waals surface area (Å²) in [6.45, 7) is 7.15. The first kappa shape index (κ1) is 16.6. The Kier molecular flexibility index (Phi) is 6.97. The van der Waals surface area contributed by atoms with Crippen LogP contribution in [0, 0.1) is 0 Å². The van der Waals surface area contributed by atoms with Gasteiger partial charge < -0.3 is 4.55 Å². The predicted octanol–water partition coefficient (Wildman–Crippen LogP) is -0.948. The van der Waals surface area contributed by atoms with Gasteiger partial charge in [-0.15, -0.1) is 13.2 Å². The van der Waals surface area contributed by atoms with Crippen molar-refractivity contribution in [2.45, 2.75) is 17.7 Å². The Morgan fingerprint density at radius 1 is 1.18 bits per heavy atom. The van der Waals surface area contributed by atoms with Crippen LogP contribution in [-0.2, 0) is 23.0 Å². The molecule has 0 amide bonds. The molecule has 1 aromatic rings. The van der Waals surface area contributed by atoms with Gasteiger partial charge in [-0.2, -0.15) is 0 Å². The molecule has 3 nitrogen and oxygen atoms in total. The van der Waals surface area contributed by atoms with E-state index in [0.29, 0.717) is 18.4 Å². The molecule has 0 saturated carbocycles. The van der Waals surface area contributed by atoms with E-state index in [2.05, 4.69) is 13.2 Å². The van der Waals surface area contributed by atoms with Crippen LogP contribution in [0.5, 0.6) is 0 Å². The molecule has 1 rings (SSSR count). The SMILES string of the molecule is C=CCc1cccc(S(=O)(=O)[O-])c1CC=C.[Na+]. The summed E-state index contributed by atoms with van der Waals surface area (Å²) in [6.07, 6.45) is 4.15. The van der Waals surface area contributed by atoms with Gasteiger partial charge in [0.2, 0.25) is 0 Å². The first-order valence-corrected chi connectivity index (χ1v) is 6.20. The molecule has 0 bridgehead atoms. The van der Waals surface area contributed by atoms with Gasteiger partial charge in [0.05, 0.1) is 4.90 Å². The molecule has 0 unspecified atom stereocenters. The number of rotatable bonds is 5. The zero-order valence-corrected chi connectivity index (χ0v) is 12.7. The Labute approximate surface area is 124 Å². The van der Waals surface area contributed by atoms with Crippen LogP contribution in [0.3, 0.4) is 0 Å². The fraction of sp³-hybridized carbons (Fsp3) is 0.167. The minimum Gasteiger partial charge on any atom is -0.744 e. The third-order valence-corrected chi connectivity index (χ3v) is 3.13. The number of hydrogen-bond acceptors (Lipinski definition) is 3. The van der Waals surface area contributed by atoms with Crippen molar-refractivity contribution in [3.05, 3.63) is 54.6 Å². The molecule has 0 aliphatic carbocycles. The van der Waals surface area contributed by atoms with Crippen LogP contribution in [0.4, 0.5) is 0 Å². The maximum atomic E-state index is 11.1. The molecule has 0 aromatic heterocycles. The van der Waals surface area contributed by atoms with Crippen LogP contribution < -0.4 is 29.6 Å². The molecule has 17 heavy (non-hydrogen) atoms. The smallest absolute Gasteiger partial charge is 0.744 e. The average molecular weight is 260 g/mol. The van der Waals surface area contributed by atoms with Crippen LogP contribution in [0.15, 0.2) is 48.4 Å². The fourth-order valence-corrected chi connectivity index (χ4v) is 2.33. The van der Waals surface area contributed by atoms with Crippen LogP contribution >= 0.6 is 0 Å². The Balaban J connectivity index is 0.00000256. The molecule has 0 aliphatic rings. The second-order valence-electron chi connectivity index (χ2n) is 3.33. The summed E-state index contributed by atoms with van der Waals surface area (Å²) in [6, 6.07) is 4.68. The van der Waals surface area contributed by atoms with Crippen molar-refractivity contribution >= 4 is 10.1 Å². The number of allylic oxidation sites excluding steroid dienone is 2. The zero-order valence-electron chi connectivity index (χ0n) is 9.85. The van der Waals surface area contributed by atoms with E-state index in [1.165, 1.54) is 6.07 Å². The largest absolute Gasteiger partial charge is 1.00 e. The normalized spacial score (nSPS) is 10.4. The molecule has 0 saturated heterocycles. The van der Waals surface area contributed by atoms with Crippen molar-refractivity contribution in [1.82, 2.24) is 0 Å². The predicted molar refractivity (Wildman–Crippen MR) is 62.2 cm³/mol. The standard InChI is InChI=1S/C12H14O3S.Na/c1-3-6-10-8-5-9-12(16(13,14)15)11(10)7-4-2;/h3-5,8-9H,1-2,6-7H2,(H,13,14,15);/q;+1/p-1. The maximum Gasteiger partial charge on any atom is 1.00 e. The van der Waals surface area contributed by atoms with E-state index < -0.39 is 10.1 Å². The zero-order chi connectivity index (χ0) is 12.2. The van der Waals surface area contributed by atoms with Crippen molar-refractivity contribution in [1.29, 1.82) is 0 Å². The van der Waals surface area contributed by atoms with E-state index >= 15 is 0 Å². The Morgan fingerprint density at radius 2 is 1.76 bits per heavy atom. The minimum atomic E-state index is -4.43. The van der Waals surface area contributed by atoms with Crippen molar-refractivity contribution in [2.75, 3.05) is 0 Å². The van der Waals surface area contributed by atoms with Crippen LogP contribution in [0.1, 0.15) is 11.1 Å². The summed E-state index contributed by atoms with van der Waals surface area (Å²) in [4.78, 5) is -0.160. The second-order valence-corrected chi connectivity index (χ2v) is 4.68. The van der Waals surface area contributed by atoms with Crippen LogP contribution in [-0.4, -0.2) is 13.0 Å². The first-order valence-electron chi connectivity index (χ1n) is 4.79. The summed E-state index contributed by atoms with van der Waals surface area (Å²) in [5.74, 6) is 0. The molecule has 0 spiro atoms. The van der Waals surface area contributed by atoms with Gasteiger partial charge in [-0.25, -0.2) is 8.42 Å². The van der Waals surface area contributed by atoms with Crippen molar-refractivity contribution in [3.63, 3.8) is 0 Å². The Morgan fingerprint density at radius 3 is 2.24 bits per heavy atom. The molecular formula is C12H13NaO3S. The van der Waals surface area contributed by atoms with E-state index in [4.69, 9.17) is 0 Å². The van der Waals surface area contributed by atoms with E-state index in [-0.39, 0.29) is 34.5 Å². The summed E-state index contributed by atoms with van der Waals surface area (Å²) in [5, 5.41) is 0.